The molecule has 7 rings (SSSR count). The highest BCUT2D eigenvalue weighted by Gasteiger charge is 2.29. The lowest BCUT2D eigenvalue weighted by Gasteiger charge is -2.14. The third-order valence-corrected chi connectivity index (χ3v) is 15.8. The highest BCUT2D eigenvalue weighted by atomic mass is 35.5. The fourth-order valence-electron chi connectivity index (χ4n) is 6.95. The van der Waals surface area contributed by atoms with Crippen LogP contribution in [0, 0.1) is 17.5 Å². The van der Waals surface area contributed by atoms with E-state index < -0.39 is 50.0 Å². The Balaban J connectivity index is 0.000000325. The van der Waals surface area contributed by atoms with Crippen molar-refractivity contribution in [1.82, 2.24) is 34.7 Å². The van der Waals surface area contributed by atoms with E-state index in [2.05, 4.69) is 59.0 Å². The van der Waals surface area contributed by atoms with Gasteiger partial charge >= 0.3 is 13.6 Å². The van der Waals surface area contributed by atoms with E-state index >= 15 is 0 Å². The van der Waals surface area contributed by atoms with Crippen LogP contribution in [0.15, 0.2) is 54.9 Å². The predicted molar refractivity (Wildman–Crippen MR) is 303 cm³/mol. The molecule has 0 amide bonds. The molecule has 31 heteroatoms. The van der Waals surface area contributed by atoms with Crippen molar-refractivity contribution in [1.29, 1.82) is 0 Å². The maximum atomic E-state index is 13.5. The first-order valence-electron chi connectivity index (χ1n) is 27.4. The Morgan fingerprint density at radius 2 is 1.33 bits per heavy atom. The summed E-state index contributed by atoms with van der Waals surface area (Å²) in [5.41, 5.74) is 2.59. The van der Waals surface area contributed by atoms with Gasteiger partial charge in [-0.2, -0.15) is 15.1 Å². The van der Waals surface area contributed by atoms with Crippen LogP contribution >= 0.6 is 26.6 Å². The SMILES string of the molecule is C1CC1.CCC1CCC(n2ncc3c(NCc4ccccc4)nc(Cl)nc32)O1.COCCOCCOCCOCCOCc1cn(CCOCCOCCOCCOCCC(=O)Oc2c(F)cc(F)cc2F)nn1.COP(C)(=O)CP(=O)(O)O. The molecule has 1 saturated heterocycles. The second-order valence-electron chi connectivity index (χ2n) is 18.5. The van der Waals surface area contributed by atoms with E-state index in [1.165, 1.54) is 31.5 Å². The van der Waals surface area contributed by atoms with Gasteiger partial charge in [0, 0.05) is 39.6 Å². The Hall–Kier alpha value is -4.58. The lowest BCUT2D eigenvalue weighted by atomic mass is 10.2. The van der Waals surface area contributed by atoms with Gasteiger partial charge in [-0.15, -0.1) is 5.10 Å². The molecule has 4 heterocycles. The molecule has 0 spiro atoms. The van der Waals surface area contributed by atoms with Crippen LogP contribution in [0.1, 0.15) is 69.4 Å². The van der Waals surface area contributed by atoms with Crippen LogP contribution in [-0.2, 0) is 85.5 Å². The number of nitrogens with one attached hydrogen (secondary N) is 1. The second-order valence-corrected chi connectivity index (χ2v) is 23.7. The van der Waals surface area contributed by atoms with Crippen molar-refractivity contribution < 1.29 is 93.5 Å². The van der Waals surface area contributed by atoms with Crippen molar-refractivity contribution >= 4 is 49.4 Å². The predicted octanol–water partition coefficient (Wildman–Crippen LogP) is 8.00. The summed E-state index contributed by atoms with van der Waals surface area (Å²) in [4.78, 5) is 37.1. The quantitative estimate of drug-likeness (QED) is 0.0111. The lowest BCUT2D eigenvalue weighted by molar-refractivity contribution is -0.136. The van der Waals surface area contributed by atoms with Crippen molar-refractivity contribution in [3.05, 3.63) is 88.9 Å². The van der Waals surface area contributed by atoms with Gasteiger partial charge in [0.05, 0.1) is 149 Å². The number of aromatic nitrogens is 7. The number of carbonyl (C=O) groups excluding carboxylic acids is 1. The molecule has 3 unspecified atom stereocenters. The fraction of sp³-hybridized carbons (Fsp3) is 0.623. The molecule has 1 aliphatic heterocycles. The van der Waals surface area contributed by atoms with Crippen molar-refractivity contribution in [2.24, 2.45) is 0 Å². The summed E-state index contributed by atoms with van der Waals surface area (Å²) < 4.78 is 128. The minimum absolute atomic E-state index is 0.0372. The van der Waals surface area contributed by atoms with Crippen molar-refractivity contribution in [3.8, 4) is 5.75 Å². The van der Waals surface area contributed by atoms with Gasteiger partial charge in [0.1, 0.15) is 23.2 Å². The van der Waals surface area contributed by atoms with E-state index in [1.807, 2.05) is 22.9 Å². The molecule has 3 atom stereocenters. The average Bonchev–Trinajstić information content (AvgIpc) is 2.39. The highest BCUT2D eigenvalue weighted by molar-refractivity contribution is 7.72. The number of ether oxygens (including phenoxy) is 11. The summed E-state index contributed by atoms with van der Waals surface area (Å²) >= 11 is 6.15. The van der Waals surface area contributed by atoms with Crippen LogP contribution in [0.2, 0.25) is 5.28 Å². The summed E-state index contributed by atoms with van der Waals surface area (Å²) in [6, 6.07) is 11.0. The topological polar surface area (TPSA) is 289 Å². The van der Waals surface area contributed by atoms with Gasteiger partial charge < -0.3 is 71.7 Å². The zero-order valence-corrected chi connectivity index (χ0v) is 50.5. The van der Waals surface area contributed by atoms with E-state index in [4.69, 9.17) is 68.8 Å². The highest BCUT2D eigenvalue weighted by Crippen LogP contribution is 2.55. The fourth-order valence-corrected chi connectivity index (χ4v) is 10.2. The second kappa shape index (κ2) is 41.5. The number of hydrogen-bond donors (Lipinski definition) is 3. The third kappa shape index (κ3) is 31.7. The lowest BCUT2D eigenvalue weighted by Crippen LogP contribution is -2.15. The van der Waals surface area contributed by atoms with Gasteiger partial charge in [0.25, 0.3) is 0 Å². The first-order valence-corrected chi connectivity index (χ1v) is 31.8. The summed E-state index contributed by atoms with van der Waals surface area (Å²) in [6.45, 7) is 11.2. The monoisotopic (exact) mass is 1250 g/mol. The van der Waals surface area contributed by atoms with E-state index in [1.54, 1.807) is 24.2 Å². The molecule has 84 heavy (non-hydrogen) atoms. The van der Waals surface area contributed by atoms with Crippen LogP contribution < -0.4 is 10.1 Å². The minimum atomic E-state index is -4.19. The van der Waals surface area contributed by atoms with Gasteiger partial charge in [-0.3, -0.25) is 13.9 Å². The van der Waals surface area contributed by atoms with Gasteiger partial charge in [0.2, 0.25) is 18.4 Å². The molecule has 5 aromatic rings. The van der Waals surface area contributed by atoms with Crippen LogP contribution in [0.25, 0.3) is 11.0 Å². The molecular formula is C53H80ClF3N8O17P2. The molecule has 0 radical (unpaired) electrons. The maximum absolute atomic E-state index is 13.5. The van der Waals surface area contributed by atoms with E-state index in [-0.39, 0.29) is 43.9 Å². The number of halogens is 4. The Labute approximate surface area is 492 Å². The number of anilines is 1. The van der Waals surface area contributed by atoms with Gasteiger partial charge in [-0.25, -0.2) is 22.5 Å². The number of rotatable bonds is 38. The standard InChI is InChI=1S/C29H44F3N3O11.C18H20ClN5O.C3H10O5P2.C3H6/c1-37-6-7-40-12-13-43-16-17-44-18-19-45-23-25-22-35(34-33-25)3-5-39-9-11-42-15-14-41-10-8-38-4-2-28(36)46-29-26(31)20-24(30)21-27(29)32;1-2-13-8-9-15(25-13)24-17-14(11-21-24)16(22-18(19)23-17)20-10-12-6-4-3-5-7-12;1-8-9(2,4)3-10(5,6)7;1-2-3-1/h20-22H,2-19,23H2,1H3;3-7,11,13,15H,2,8-10H2,1H3,(H,20,22,23);3H2,1-2H3,(H2,5,6,7);1-3H2. The number of fused-ring (bicyclic) bond motifs is 1. The minimum Gasteiger partial charge on any atom is -0.420 e. The first-order chi connectivity index (χ1) is 40.5. The molecule has 1 saturated carbocycles. The smallest absolute Gasteiger partial charge is 0.335 e. The number of nitrogens with zero attached hydrogens (tertiary/aromatic N) is 7. The van der Waals surface area contributed by atoms with Gasteiger partial charge in [-0.05, 0) is 36.4 Å². The normalized spacial score (nSPS) is 15.3. The molecule has 2 aliphatic rings. The molecule has 472 valence electrons. The van der Waals surface area contributed by atoms with E-state index in [0.29, 0.717) is 135 Å². The third-order valence-electron chi connectivity index (χ3n) is 11.3. The number of methoxy groups -OCH3 is 1. The Bertz CT molecular complexity index is 2680. The van der Waals surface area contributed by atoms with Crippen LogP contribution in [0.5, 0.6) is 5.75 Å². The van der Waals surface area contributed by atoms with E-state index in [9.17, 15) is 27.1 Å². The molecule has 2 fully saturated rings. The largest absolute Gasteiger partial charge is 0.420 e. The first kappa shape index (κ1) is 71.9. The van der Waals surface area contributed by atoms with Gasteiger partial charge in [0.15, 0.2) is 23.5 Å². The van der Waals surface area contributed by atoms with Crippen LogP contribution in [0.4, 0.5) is 19.0 Å². The molecule has 3 aromatic heterocycles. The Kier molecular flexibility index (Phi) is 35.5. The summed E-state index contributed by atoms with van der Waals surface area (Å²) in [7, 11) is -4.46. The number of benzene rings is 2. The van der Waals surface area contributed by atoms with E-state index in [0.717, 1.165) is 31.8 Å². The Morgan fingerprint density at radius 3 is 1.86 bits per heavy atom. The molecule has 3 N–H and O–H groups in total. The zero-order valence-electron chi connectivity index (χ0n) is 48.0. The van der Waals surface area contributed by atoms with Crippen molar-refractivity contribution in [3.63, 3.8) is 0 Å². The molecular weight excluding hydrogens is 1180 g/mol. The van der Waals surface area contributed by atoms with Gasteiger partial charge in [-0.1, -0.05) is 61.7 Å². The Morgan fingerprint density at radius 1 is 0.774 bits per heavy atom. The zero-order chi connectivity index (χ0) is 60.8. The van der Waals surface area contributed by atoms with Crippen molar-refractivity contribution in [2.75, 3.05) is 138 Å². The number of carbonyl (C=O) groups is 1. The molecule has 0 bridgehead atoms. The average molecular weight is 1260 g/mol. The number of hydrogen-bond acceptors (Lipinski definition) is 21. The van der Waals surface area contributed by atoms with Crippen LogP contribution in [0.3, 0.4) is 0 Å². The number of esters is 1. The summed E-state index contributed by atoms with van der Waals surface area (Å²) in [6.07, 6.45) is 11.0. The maximum Gasteiger partial charge on any atom is 0.335 e. The molecule has 2 aromatic carbocycles. The van der Waals surface area contributed by atoms with Crippen molar-refractivity contribution in [2.45, 2.75) is 83.9 Å². The summed E-state index contributed by atoms with van der Waals surface area (Å²) in [5.74, 6) is -5.56. The van der Waals surface area contributed by atoms with Crippen LogP contribution in [-0.4, -0.2) is 189 Å². The molecule has 1 aliphatic carbocycles. The molecule has 25 nitrogen and oxygen atoms in total. The summed E-state index contributed by atoms with van der Waals surface area (Å²) in [5, 5.41) is 17.0.